The minimum absolute atomic E-state index is 0.0665. The van der Waals surface area contributed by atoms with Crippen molar-refractivity contribution >= 4 is 33.2 Å². The van der Waals surface area contributed by atoms with E-state index in [0.717, 1.165) is 21.2 Å². The number of nitrogens with one attached hydrogen (secondary N) is 1. The quantitative estimate of drug-likeness (QED) is 0.659. The van der Waals surface area contributed by atoms with Crippen LogP contribution in [-0.4, -0.2) is 61.8 Å². The standard InChI is InChI=1S/C22H30N4O4S2/c1-22(2,3)17-9-7-16(8-10-17)21(28)25-13-5-14-26(20(25)19(27)24-12-11-23)32(29,30)18-6-4-15-31-18/h4,6-10,15,20H,5,11-14,23H2,1-3H3,(H,24,27). The van der Waals surface area contributed by atoms with E-state index in [1.54, 1.807) is 23.6 Å². The highest BCUT2D eigenvalue weighted by atomic mass is 32.2. The van der Waals surface area contributed by atoms with Gasteiger partial charge in [0.25, 0.3) is 21.8 Å². The van der Waals surface area contributed by atoms with Gasteiger partial charge in [0, 0.05) is 31.7 Å². The molecule has 1 fully saturated rings. The Hall–Kier alpha value is -2.27. The molecule has 1 atom stereocenters. The predicted molar refractivity (Wildman–Crippen MR) is 125 cm³/mol. The zero-order valence-corrected chi connectivity index (χ0v) is 20.2. The lowest BCUT2D eigenvalue weighted by Gasteiger charge is -2.41. The van der Waals surface area contributed by atoms with Gasteiger partial charge < -0.3 is 16.0 Å². The number of sulfonamides is 1. The van der Waals surface area contributed by atoms with Crippen molar-refractivity contribution in [2.75, 3.05) is 26.2 Å². The topological polar surface area (TPSA) is 113 Å². The number of amides is 2. The third-order valence-corrected chi connectivity index (χ3v) is 8.57. The van der Waals surface area contributed by atoms with Gasteiger partial charge in [-0.25, -0.2) is 8.42 Å². The van der Waals surface area contributed by atoms with E-state index < -0.39 is 22.1 Å². The molecule has 3 rings (SSSR count). The van der Waals surface area contributed by atoms with E-state index in [0.29, 0.717) is 12.0 Å². The zero-order chi connectivity index (χ0) is 23.5. The van der Waals surface area contributed by atoms with Gasteiger partial charge in [0.2, 0.25) is 0 Å². The fraction of sp³-hybridized carbons (Fsp3) is 0.455. The first-order valence-corrected chi connectivity index (χ1v) is 12.8. The smallest absolute Gasteiger partial charge is 0.259 e. The molecule has 2 amide bonds. The van der Waals surface area contributed by atoms with Crippen molar-refractivity contribution in [2.45, 2.75) is 43.0 Å². The summed E-state index contributed by atoms with van der Waals surface area (Å²) >= 11 is 1.08. The highest BCUT2D eigenvalue weighted by Crippen LogP contribution is 2.28. The number of rotatable bonds is 6. The summed E-state index contributed by atoms with van der Waals surface area (Å²) in [6, 6.07) is 10.4. The normalized spacial score (nSPS) is 17.9. The lowest BCUT2D eigenvalue weighted by atomic mass is 9.86. The molecule has 8 nitrogen and oxygen atoms in total. The van der Waals surface area contributed by atoms with Crippen molar-refractivity contribution in [3.63, 3.8) is 0 Å². The average Bonchev–Trinajstić information content (AvgIpc) is 3.32. The summed E-state index contributed by atoms with van der Waals surface area (Å²) in [5.74, 6) is -0.945. The first-order chi connectivity index (χ1) is 15.1. The van der Waals surface area contributed by atoms with E-state index >= 15 is 0 Å². The largest absolute Gasteiger partial charge is 0.352 e. The Bertz CT molecular complexity index is 1040. The Morgan fingerprint density at radius 3 is 2.41 bits per heavy atom. The van der Waals surface area contributed by atoms with E-state index in [4.69, 9.17) is 5.73 Å². The van der Waals surface area contributed by atoms with Crippen molar-refractivity contribution in [2.24, 2.45) is 5.73 Å². The number of thiophene rings is 1. The molecule has 0 aliphatic carbocycles. The molecular weight excluding hydrogens is 448 g/mol. The number of hydrogen-bond acceptors (Lipinski definition) is 6. The van der Waals surface area contributed by atoms with Crippen LogP contribution >= 0.6 is 11.3 Å². The second-order valence-electron chi connectivity index (χ2n) is 8.68. The van der Waals surface area contributed by atoms with Crippen LogP contribution in [0.1, 0.15) is 43.1 Å². The molecule has 1 aliphatic rings. The molecule has 2 heterocycles. The summed E-state index contributed by atoms with van der Waals surface area (Å²) in [7, 11) is -3.95. The molecule has 1 aromatic heterocycles. The maximum absolute atomic E-state index is 13.4. The van der Waals surface area contributed by atoms with Crippen LogP contribution in [0.2, 0.25) is 0 Å². The summed E-state index contributed by atoms with van der Waals surface area (Å²) in [6.07, 6.45) is -0.853. The van der Waals surface area contributed by atoms with Gasteiger partial charge in [-0.15, -0.1) is 11.3 Å². The summed E-state index contributed by atoms with van der Waals surface area (Å²) in [5, 5.41) is 4.32. The first-order valence-electron chi connectivity index (χ1n) is 10.5. The SMILES string of the molecule is CC(C)(C)c1ccc(C(=O)N2CCCN(S(=O)(=O)c3cccs3)C2C(=O)NCCN)cc1. The molecule has 2 aromatic rings. The average molecular weight is 479 g/mol. The van der Waals surface area contributed by atoms with Crippen molar-refractivity contribution < 1.29 is 18.0 Å². The first kappa shape index (κ1) is 24.4. The zero-order valence-electron chi connectivity index (χ0n) is 18.6. The molecule has 0 radical (unpaired) electrons. The Balaban J connectivity index is 1.97. The van der Waals surface area contributed by atoms with Gasteiger partial charge in [-0.3, -0.25) is 9.59 Å². The summed E-state index contributed by atoms with van der Waals surface area (Å²) in [6.45, 7) is 7.06. The molecule has 10 heteroatoms. The van der Waals surface area contributed by atoms with E-state index in [9.17, 15) is 18.0 Å². The predicted octanol–water partition coefficient (Wildman–Crippen LogP) is 1.98. The van der Waals surface area contributed by atoms with Gasteiger partial charge >= 0.3 is 0 Å². The van der Waals surface area contributed by atoms with Gasteiger partial charge in [0.1, 0.15) is 4.21 Å². The van der Waals surface area contributed by atoms with Crippen LogP contribution < -0.4 is 11.1 Å². The fourth-order valence-corrected chi connectivity index (χ4v) is 6.34. The highest BCUT2D eigenvalue weighted by molar-refractivity contribution is 7.91. The van der Waals surface area contributed by atoms with Crippen LogP contribution in [0.25, 0.3) is 0 Å². The number of hydrogen-bond donors (Lipinski definition) is 2. The number of benzene rings is 1. The van der Waals surface area contributed by atoms with Gasteiger partial charge in [0.05, 0.1) is 0 Å². The van der Waals surface area contributed by atoms with Crippen LogP contribution in [0.15, 0.2) is 46.0 Å². The number of nitrogens with two attached hydrogens (primary N) is 1. The van der Waals surface area contributed by atoms with E-state index in [2.05, 4.69) is 26.1 Å². The molecule has 0 saturated carbocycles. The summed E-state index contributed by atoms with van der Waals surface area (Å²) in [4.78, 5) is 27.8. The van der Waals surface area contributed by atoms with Crippen molar-refractivity contribution in [3.05, 3.63) is 52.9 Å². The summed E-state index contributed by atoms with van der Waals surface area (Å²) < 4.78 is 27.8. The molecule has 1 aromatic carbocycles. The molecule has 0 spiro atoms. The van der Waals surface area contributed by atoms with Crippen LogP contribution in [0.5, 0.6) is 0 Å². The number of carbonyl (C=O) groups is 2. The molecular formula is C22H30N4O4S2. The van der Waals surface area contributed by atoms with Crippen molar-refractivity contribution in [1.82, 2.24) is 14.5 Å². The lowest BCUT2D eigenvalue weighted by molar-refractivity contribution is -0.130. The van der Waals surface area contributed by atoms with Gasteiger partial charge in [-0.2, -0.15) is 4.31 Å². The molecule has 1 aliphatic heterocycles. The maximum Gasteiger partial charge on any atom is 0.259 e. The monoisotopic (exact) mass is 478 g/mol. The van der Waals surface area contributed by atoms with Crippen molar-refractivity contribution in [1.29, 1.82) is 0 Å². The van der Waals surface area contributed by atoms with Crippen LogP contribution in [0.3, 0.4) is 0 Å². The number of nitrogens with zero attached hydrogens (tertiary/aromatic N) is 2. The second kappa shape index (κ2) is 9.70. The molecule has 174 valence electrons. The highest BCUT2D eigenvalue weighted by Gasteiger charge is 2.44. The fourth-order valence-electron chi connectivity index (χ4n) is 3.62. The Labute approximate surface area is 193 Å². The second-order valence-corrected chi connectivity index (χ2v) is 11.7. The van der Waals surface area contributed by atoms with E-state index in [1.807, 2.05) is 12.1 Å². The van der Waals surface area contributed by atoms with E-state index in [1.165, 1.54) is 11.0 Å². The maximum atomic E-state index is 13.4. The van der Waals surface area contributed by atoms with Crippen molar-refractivity contribution in [3.8, 4) is 0 Å². The Morgan fingerprint density at radius 1 is 1.16 bits per heavy atom. The van der Waals surface area contributed by atoms with Crippen LogP contribution in [0, 0.1) is 0 Å². The Kier molecular flexibility index (Phi) is 7.39. The summed E-state index contributed by atoms with van der Waals surface area (Å²) in [5.41, 5.74) is 6.93. The lowest BCUT2D eigenvalue weighted by Crippen LogP contribution is -2.63. The third-order valence-electron chi connectivity index (χ3n) is 5.34. The van der Waals surface area contributed by atoms with Crippen LogP contribution in [-0.2, 0) is 20.2 Å². The Morgan fingerprint density at radius 2 is 1.84 bits per heavy atom. The minimum Gasteiger partial charge on any atom is -0.352 e. The van der Waals surface area contributed by atoms with Gasteiger partial charge in [-0.1, -0.05) is 39.0 Å². The third kappa shape index (κ3) is 5.03. The molecule has 0 bridgehead atoms. The molecule has 3 N–H and O–H groups in total. The van der Waals surface area contributed by atoms with Crippen LogP contribution in [0.4, 0.5) is 0 Å². The van der Waals surface area contributed by atoms with Gasteiger partial charge in [-0.05, 0) is 41.0 Å². The molecule has 1 saturated heterocycles. The van der Waals surface area contributed by atoms with E-state index in [-0.39, 0.29) is 41.7 Å². The molecule has 1 unspecified atom stereocenters. The van der Waals surface area contributed by atoms with Gasteiger partial charge in [0.15, 0.2) is 6.17 Å². The minimum atomic E-state index is -3.95. The molecule has 32 heavy (non-hydrogen) atoms. The number of carbonyl (C=O) groups excluding carboxylic acids is 2.